The predicted octanol–water partition coefficient (Wildman–Crippen LogP) is 4.42. The highest BCUT2D eigenvalue weighted by Gasteiger charge is 2.49. The summed E-state index contributed by atoms with van der Waals surface area (Å²) in [5.41, 5.74) is -1.12. The molecule has 1 atom stereocenters. The minimum atomic E-state index is -5.73. The summed E-state index contributed by atoms with van der Waals surface area (Å²) in [4.78, 5) is 0. The lowest BCUT2D eigenvalue weighted by Crippen LogP contribution is -2.25. The van der Waals surface area contributed by atoms with Crippen LogP contribution in [0, 0.1) is 23.3 Å². The summed E-state index contributed by atoms with van der Waals surface area (Å²) in [5, 5.41) is 10.4. The molecule has 0 aliphatic heterocycles. The van der Waals surface area contributed by atoms with Crippen LogP contribution >= 0.6 is 0 Å². The molecule has 30 heavy (non-hydrogen) atoms. The molecule has 1 N–H and O–H groups in total. The van der Waals surface area contributed by atoms with Crippen LogP contribution in [-0.2, 0) is 14.3 Å². The standard InChI is InChI=1S/C21H21F3O4SSi/c1-30(2,3)15-14-19(25)18-12-5-4-8-16(18)9-6-10-17-11-7-13-20(17)28-29(26,27)21(22,23)24/h4-5,8,10,12-13,19,25H,7,11H2,1-3H3/b17-10-. The van der Waals surface area contributed by atoms with Gasteiger partial charge < -0.3 is 9.29 Å². The number of hydrogen-bond acceptors (Lipinski definition) is 4. The smallest absolute Gasteiger partial charge is 0.376 e. The zero-order valence-electron chi connectivity index (χ0n) is 16.7. The molecule has 0 amide bonds. The van der Waals surface area contributed by atoms with Crippen molar-refractivity contribution in [2.24, 2.45) is 0 Å². The first-order valence-electron chi connectivity index (χ1n) is 9.02. The number of rotatable bonds is 3. The number of hydrogen-bond donors (Lipinski definition) is 1. The van der Waals surface area contributed by atoms with Gasteiger partial charge in [0, 0.05) is 16.7 Å². The lowest BCUT2D eigenvalue weighted by molar-refractivity contribution is -0.0520. The molecule has 0 radical (unpaired) electrons. The molecule has 4 nitrogen and oxygen atoms in total. The maximum atomic E-state index is 12.5. The van der Waals surface area contributed by atoms with E-state index >= 15 is 0 Å². The van der Waals surface area contributed by atoms with Gasteiger partial charge in [-0.15, -0.1) is 5.54 Å². The van der Waals surface area contributed by atoms with Crippen LogP contribution in [0.1, 0.15) is 30.1 Å². The molecule has 2 rings (SSSR count). The van der Waals surface area contributed by atoms with Crippen LogP contribution in [0.5, 0.6) is 0 Å². The van der Waals surface area contributed by atoms with E-state index in [-0.39, 0.29) is 11.3 Å². The number of aliphatic hydroxyl groups excluding tert-OH is 1. The second-order valence-electron chi connectivity index (χ2n) is 7.54. The van der Waals surface area contributed by atoms with Crippen molar-refractivity contribution >= 4 is 18.2 Å². The Morgan fingerprint density at radius 1 is 1.23 bits per heavy atom. The summed E-state index contributed by atoms with van der Waals surface area (Å²) in [5.74, 6) is 8.02. The van der Waals surface area contributed by atoms with E-state index in [1.54, 1.807) is 24.3 Å². The molecule has 160 valence electrons. The van der Waals surface area contributed by atoms with E-state index in [2.05, 4.69) is 47.1 Å². The minimum Gasteiger partial charge on any atom is -0.376 e. The Kier molecular flexibility index (Phi) is 7.25. The summed E-state index contributed by atoms with van der Waals surface area (Å²) in [7, 11) is -7.40. The first-order chi connectivity index (χ1) is 13.8. The van der Waals surface area contributed by atoms with Crippen molar-refractivity contribution in [1.29, 1.82) is 0 Å². The summed E-state index contributed by atoms with van der Waals surface area (Å²) < 4.78 is 64.2. The van der Waals surface area contributed by atoms with Gasteiger partial charge in [-0.1, -0.05) is 55.6 Å². The van der Waals surface area contributed by atoms with E-state index in [4.69, 9.17) is 0 Å². The van der Waals surface area contributed by atoms with Gasteiger partial charge in [0.1, 0.15) is 19.9 Å². The summed E-state index contributed by atoms with van der Waals surface area (Å²) in [6, 6.07) is 6.86. The Bertz CT molecular complexity index is 1090. The Labute approximate surface area is 175 Å². The van der Waals surface area contributed by atoms with Crippen LogP contribution in [-0.4, -0.2) is 27.1 Å². The lowest BCUT2D eigenvalue weighted by atomic mass is 10.0. The topological polar surface area (TPSA) is 63.6 Å². The highest BCUT2D eigenvalue weighted by molar-refractivity contribution is 7.87. The van der Waals surface area contributed by atoms with Crippen molar-refractivity contribution in [3.05, 3.63) is 58.9 Å². The largest absolute Gasteiger partial charge is 0.534 e. The van der Waals surface area contributed by atoms with E-state index in [9.17, 15) is 26.7 Å². The maximum absolute atomic E-state index is 12.5. The second-order valence-corrected chi connectivity index (χ2v) is 13.8. The van der Waals surface area contributed by atoms with E-state index in [1.807, 2.05) is 0 Å². The third-order valence-corrected chi connectivity index (χ3v) is 5.70. The summed E-state index contributed by atoms with van der Waals surface area (Å²) >= 11 is 0. The van der Waals surface area contributed by atoms with Gasteiger partial charge in [0.2, 0.25) is 0 Å². The second kappa shape index (κ2) is 9.13. The Hall–Kier alpha value is -2.46. The quantitative estimate of drug-likeness (QED) is 0.318. The number of allylic oxidation sites excluding steroid dienone is 3. The van der Waals surface area contributed by atoms with Crippen molar-refractivity contribution in [2.75, 3.05) is 0 Å². The average Bonchev–Trinajstić information content (AvgIpc) is 3.05. The maximum Gasteiger partial charge on any atom is 0.534 e. The van der Waals surface area contributed by atoms with E-state index in [0.29, 0.717) is 24.0 Å². The third kappa shape index (κ3) is 6.53. The van der Waals surface area contributed by atoms with Crippen LogP contribution in [0.4, 0.5) is 13.2 Å². The number of alkyl halides is 3. The van der Waals surface area contributed by atoms with E-state index in [1.165, 1.54) is 12.2 Å². The lowest BCUT2D eigenvalue weighted by Gasteiger charge is -2.10. The van der Waals surface area contributed by atoms with Gasteiger partial charge in [0.15, 0.2) is 0 Å². The van der Waals surface area contributed by atoms with Crippen molar-refractivity contribution < 1.29 is 30.9 Å². The molecular weight excluding hydrogens is 433 g/mol. The average molecular weight is 455 g/mol. The van der Waals surface area contributed by atoms with Gasteiger partial charge in [0.25, 0.3) is 0 Å². The van der Waals surface area contributed by atoms with Gasteiger partial charge in [-0.25, -0.2) is 0 Å². The predicted molar refractivity (Wildman–Crippen MR) is 111 cm³/mol. The molecule has 1 unspecified atom stereocenters. The Balaban J connectivity index is 2.26. The minimum absolute atomic E-state index is 0.256. The first-order valence-corrected chi connectivity index (χ1v) is 13.9. The molecule has 0 aromatic heterocycles. The molecule has 0 heterocycles. The van der Waals surface area contributed by atoms with Crippen LogP contribution < -0.4 is 0 Å². The third-order valence-electron chi connectivity index (χ3n) is 3.84. The molecular formula is C21H21F3O4SSi. The zero-order valence-corrected chi connectivity index (χ0v) is 18.5. The highest BCUT2D eigenvalue weighted by atomic mass is 32.2. The van der Waals surface area contributed by atoms with Gasteiger partial charge in [0.05, 0.1) is 0 Å². The fourth-order valence-electron chi connectivity index (χ4n) is 2.42. The Morgan fingerprint density at radius 2 is 1.90 bits per heavy atom. The van der Waals surface area contributed by atoms with Crippen molar-refractivity contribution in [1.82, 2.24) is 0 Å². The monoisotopic (exact) mass is 454 g/mol. The fourth-order valence-corrected chi connectivity index (χ4v) is 3.50. The number of halogens is 3. The number of benzene rings is 1. The van der Waals surface area contributed by atoms with Crippen molar-refractivity contribution in [2.45, 2.75) is 44.1 Å². The van der Waals surface area contributed by atoms with E-state index in [0.717, 1.165) is 0 Å². The molecule has 0 saturated carbocycles. The molecule has 1 aliphatic carbocycles. The van der Waals surface area contributed by atoms with Crippen molar-refractivity contribution in [3.63, 3.8) is 0 Å². The molecule has 0 saturated heterocycles. The normalized spacial score (nSPS) is 16.8. The van der Waals surface area contributed by atoms with Gasteiger partial charge in [-0.2, -0.15) is 21.6 Å². The van der Waals surface area contributed by atoms with E-state index < -0.39 is 29.8 Å². The van der Waals surface area contributed by atoms with Gasteiger partial charge >= 0.3 is 15.6 Å². The van der Waals surface area contributed by atoms with Crippen molar-refractivity contribution in [3.8, 4) is 23.3 Å². The molecule has 0 spiro atoms. The zero-order chi connectivity index (χ0) is 22.6. The van der Waals surface area contributed by atoms with Crippen LogP contribution in [0.2, 0.25) is 19.6 Å². The first kappa shape index (κ1) is 23.8. The Morgan fingerprint density at radius 3 is 2.53 bits per heavy atom. The van der Waals surface area contributed by atoms with Crippen LogP contribution in [0.3, 0.4) is 0 Å². The molecule has 9 heteroatoms. The molecule has 1 aromatic rings. The molecule has 1 aromatic carbocycles. The van der Waals surface area contributed by atoms with Gasteiger partial charge in [-0.05, 0) is 31.1 Å². The SMILES string of the molecule is C[Si](C)(C)C#CC(O)c1ccccc1C#C/C=C1/CCC=C1OS(=O)(=O)C(F)(F)F. The molecule has 0 fully saturated rings. The van der Waals surface area contributed by atoms with Crippen LogP contribution in [0.25, 0.3) is 0 Å². The molecule has 0 bridgehead atoms. The summed E-state index contributed by atoms with van der Waals surface area (Å²) in [6.45, 7) is 6.16. The summed E-state index contributed by atoms with van der Waals surface area (Å²) in [6.07, 6.45) is 2.24. The molecule has 1 aliphatic rings. The van der Waals surface area contributed by atoms with Crippen LogP contribution in [0.15, 0.2) is 47.7 Å². The van der Waals surface area contributed by atoms with Gasteiger partial charge in [-0.3, -0.25) is 0 Å². The number of aliphatic hydroxyl groups is 1. The highest BCUT2D eigenvalue weighted by Crippen LogP contribution is 2.32. The fraction of sp³-hybridized carbons (Fsp3) is 0.333.